The average molecular weight is 394 g/mol. The van der Waals surface area contributed by atoms with E-state index < -0.39 is 11.9 Å². The zero-order valence-electron chi connectivity index (χ0n) is 14.4. The molecule has 6 N–H and O–H groups in total. The van der Waals surface area contributed by atoms with Gasteiger partial charge in [0.25, 0.3) is 0 Å². The van der Waals surface area contributed by atoms with Crippen LogP contribution >= 0.6 is 8.46 Å². The summed E-state index contributed by atoms with van der Waals surface area (Å²) in [6, 6.07) is 13.6. The predicted octanol–water partition coefficient (Wildman–Crippen LogP) is 3.50. The molecule has 0 aromatic heterocycles. The number of rotatable bonds is 5. The van der Waals surface area contributed by atoms with Gasteiger partial charge in [0.15, 0.2) is 8.46 Å². The Morgan fingerprint density at radius 2 is 1.29 bits per heavy atom. The fourth-order valence-corrected chi connectivity index (χ4v) is 3.53. The lowest BCUT2D eigenvalue weighted by Gasteiger charge is -2.16. The minimum atomic E-state index is -1.21. The first kappa shape index (κ1) is 19.1. The highest BCUT2D eigenvalue weighted by Gasteiger charge is 2.22. The Bertz CT molecular complexity index is 1130. The van der Waals surface area contributed by atoms with Crippen molar-refractivity contribution in [1.82, 2.24) is 0 Å². The maximum atomic E-state index is 11.8. The number of benzene rings is 3. The van der Waals surface area contributed by atoms with E-state index in [1.807, 2.05) is 0 Å². The number of hydrogen-bond acceptors (Lipinski definition) is 5. The van der Waals surface area contributed by atoms with Crippen LogP contribution in [-0.2, 0) is 4.57 Å². The van der Waals surface area contributed by atoms with Gasteiger partial charge in [-0.1, -0.05) is 24.3 Å². The average Bonchev–Trinajstić information content (AvgIpc) is 2.67. The maximum Gasteiger partial charge on any atom is 0.336 e. The molecule has 0 aliphatic carbocycles. The van der Waals surface area contributed by atoms with Crippen molar-refractivity contribution in [3.05, 3.63) is 65.7 Å². The molecule has 3 rings (SSSR count). The zero-order chi connectivity index (χ0) is 20.4. The Labute approximate surface area is 161 Å². The van der Waals surface area contributed by atoms with Gasteiger partial charge in [-0.25, -0.2) is 9.59 Å². The molecule has 7 nitrogen and oxygen atoms in total. The molecule has 0 atom stereocenters. The molecule has 0 saturated carbocycles. The maximum absolute atomic E-state index is 11.8. The van der Waals surface area contributed by atoms with Gasteiger partial charge in [-0.2, -0.15) is 0 Å². The van der Waals surface area contributed by atoms with Gasteiger partial charge >= 0.3 is 11.9 Å². The molecule has 0 aliphatic rings. The van der Waals surface area contributed by atoms with E-state index in [4.69, 9.17) is 11.5 Å². The highest BCUT2D eigenvalue weighted by atomic mass is 31.1. The van der Waals surface area contributed by atoms with Gasteiger partial charge in [0.05, 0.1) is 16.4 Å². The summed E-state index contributed by atoms with van der Waals surface area (Å²) in [6.07, 6.45) is 0. The summed E-state index contributed by atoms with van der Waals surface area (Å²) in [4.78, 5) is 23.5. The first-order valence-electron chi connectivity index (χ1n) is 8.06. The molecule has 0 saturated heterocycles. The van der Waals surface area contributed by atoms with Crippen molar-refractivity contribution < 1.29 is 24.4 Å². The van der Waals surface area contributed by atoms with Gasteiger partial charge in [-0.15, -0.1) is 0 Å². The highest BCUT2D eigenvalue weighted by molar-refractivity contribution is 7.34. The molecule has 8 heteroatoms. The van der Waals surface area contributed by atoms with E-state index in [9.17, 15) is 24.4 Å². The normalized spacial score (nSPS) is 10.7. The van der Waals surface area contributed by atoms with Gasteiger partial charge in [-0.3, -0.25) is 4.57 Å². The first-order valence-corrected chi connectivity index (χ1v) is 8.87. The molecule has 0 amide bonds. The summed E-state index contributed by atoms with van der Waals surface area (Å²) in [5, 5.41) is 19.5. The number of aromatic carboxylic acids is 2. The van der Waals surface area contributed by atoms with Gasteiger partial charge in [0, 0.05) is 16.9 Å². The zero-order valence-corrected chi connectivity index (χ0v) is 15.3. The molecular formula is C20H15N2O5P. The summed E-state index contributed by atoms with van der Waals surface area (Å²) in [5.74, 6) is -2.39. The van der Waals surface area contributed by atoms with Gasteiger partial charge in [0.2, 0.25) is 0 Å². The smallest absolute Gasteiger partial charge is 0.336 e. The quantitative estimate of drug-likeness (QED) is 0.383. The summed E-state index contributed by atoms with van der Waals surface area (Å²) < 4.78 is 11.8. The molecule has 140 valence electrons. The van der Waals surface area contributed by atoms with Crippen molar-refractivity contribution in [2.45, 2.75) is 0 Å². The fourth-order valence-electron chi connectivity index (χ4n) is 3.05. The topological polar surface area (TPSA) is 144 Å². The molecule has 0 heterocycles. The standard InChI is InChI=1S/C20H15N2O5P/c21-10-4-6-12(15(8-10)19(23)24)13-2-1-3-17(28-27)18(13)14-7-5-11(22)9-16(14)20(25)26/h1-9H,21-22H2,(H,23,24)(H,25,26). The Balaban J connectivity index is 2.42. The van der Waals surface area contributed by atoms with E-state index in [0.29, 0.717) is 22.0 Å². The number of nitrogens with two attached hydrogens (primary N) is 2. The molecule has 28 heavy (non-hydrogen) atoms. The van der Waals surface area contributed by atoms with Crippen LogP contribution in [0.5, 0.6) is 0 Å². The third kappa shape index (κ3) is 3.43. The van der Waals surface area contributed by atoms with Crippen LogP contribution in [0, 0.1) is 0 Å². The Kier molecular flexibility index (Phi) is 5.11. The Hall–Kier alpha value is -3.70. The lowest BCUT2D eigenvalue weighted by atomic mass is 9.89. The van der Waals surface area contributed by atoms with Crippen LogP contribution in [0.15, 0.2) is 54.6 Å². The second kappa shape index (κ2) is 7.50. The summed E-state index contributed by atoms with van der Waals surface area (Å²) in [7, 11) is -0.340. The van der Waals surface area contributed by atoms with E-state index >= 15 is 0 Å². The molecule has 0 bridgehead atoms. The van der Waals surface area contributed by atoms with E-state index in [2.05, 4.69) is 0 Å². The summed E-state index contributed by atoms with van der Waals surface area (Å²) in [6.45, 7) is 0. The van der Waals surface area contributed by atoms with Crippen molar-refractivity contribution in [2.75, 3.05) is 11.5 Å². The first-order chi connectivity index (χ1) is 13.3. The lowest BCUT2D eigenvalue weighted by Crippen LogP contribution is -2.08. The van der Waals surface area contributed by atoms with Crippen LogP contribution in [0.4, 0.5) is 11.4 Å². The van der Waals surface area contributed by atoms with Crippen molar-refractivity contribution in [3.63, 3.8) is 0 Å². The number of carboxylic acids is 2. The van der Waals surface area contributed by atoms with Crippen molar-refractivity contribution in [3.8, 4) is 22.3 Å². The van der Waals surface area contributed by atoms with E-state index in [0.717, 1.165) is 0 Å². The summed E-state index contributed by atoms with van der Waals surface area (Å²) in [5.41, 5.74) is 13.2. The number of anilines is 2. The van der Waals surface area contributed by atoms with Crippen molar-refractivity contribution in [2.24, 2.45) is 0 Å². The van der Waals surface area contributed by atoms with E-state index in [1.54, 1.807) is 30.3 Å². The molecule has 3 aromatic carbocycles. The van der Waals surface area contributed by atoms with Crippen LogP contribution in [-0.4, -0.2) is 22.2 Å². The van der Waals surface area contributed by atoms with E-state index in [-0.39, 0.29) is 36.5 Å². The predicted molar refractivity (Wildman–Crippen MR) is 107 cm³/mol. The molecular weight excluding hydrogens is 379 g/mol. The van der Waals surface area contributed by atoms with Gasteiger partial charge < -0.3 is 21.7 Å². The number of hydrogen-bond donors (Lipinski definition) is 4. The van der Waals surface area contributed by atoms with Crippen LogP contribution in [0.3, 0.4) is 0 Å². The van der Waals surface area contributed by atoms with Crippen LogP contribution in [0.1, 0.15) is 20.7 Å². The molecule has 0 radical (unpaired) electrons. The number of nitrogen functional groups attached to an aromatic ring is 2. The van der Waals surface area contributed by atoms with Crippen LogP contribution in [0.2, 0.25) is 0 Å². The van der Waals surface area contributed by atoms with Gasteiger partial charge in [-0.05, 0) is 47.0 Å². The van der Waals surface area contributed by atoms with Crippen molar-refractivity contribution in [1.29, 1.82) is 0 Å². The van der Waals surface area contributed by atoms with Crippen LogP contribution in [0.25, 0.3) is 22.3 Å². The second-order valence-electron chi connectivity index (χ2n) is 6.01. The van der Waals surface area contributed by atoms with Crippen LogP contribution < -0.4 is 16.8 Å². The Morgan fingerprint density at radius 1 is 0.750 bits per heavy atom. The molecule has 0 aliphatic heterocycles. The monoisotopic (exact) mass is 394 g/mol. The highest BCUT2D eigenvalue weighted by Crippen LogP contribution is 2.37. The molecule has 0 fully saturated rings. The lowest BCUT2D eigenvalue weighted by molar-refractivity contribution is 0.0686. The minimum Gasteiger partial charge on any atom is -0.478 e. The minimum absolute atomic E-state index is 0.0479. The van der Waals surface area contributed by atoms with E-state index in [1.165, 1.54) is 24.3 Å². The SMILES string of the molecule is Nc1ccc(-c2cccc(P=O)c2-c2ccc(N)cc2C(=O)O)c(C(=O)O)c1. The third-order valence-electron chi connectivity index (χ3n) is 4.25. The largest absolute Gasteiger partial charge is 0.478 e. The number of carbonyl (C=O) groups is 2. The molecule has 0 unspecified atom stereocenters. The fraction of sp³-hybridized carbons (Fsp3) is 0. The van der Waals surface area contributed by atoms with Gasteiger partial charge in [0.1, 0.15) is 0 Å². The molecule has 3 aromatic rings. The van der Waals surface area contributed by atoms with Crippen molar-refractivity contribution >= 4 is 37.1 Å². The number of carboxylic acid groups (broad SMARTS) is 2. The second-order valence-corrected chi connectivity index (χ2v) is 6.68. The molecule has 0 spiro atoms. The summed E-state index contributed by atoms with van der Waals surface area (Å²) >= 11 is 0. The third-order valence-corrected chi connectivity index (χ3v) is 4.82. The Morgan fingerprint density at radius 3 is 1.82 bits per heavy atom.